The number of hydrogen-bond donors (Lipinski definition) is 0. The van der Waals surface area contributed by atoms with Gasteiger partial charge in [-0.3, -0.25) is 4.79 Å². The zero-order valence-electron chi connectivity index (χ0n) is 16.0. The Bertz CT molecular complexity index is 1130. The van der Waals surface area contributed by atoms with Crippen molar-refractivity contribution in [1.82, 2.24) is 14.5 Å². The van der Waals surface area contributed by atoms with E-state index in [4.69, 9.17) is 4.98 Å². The average Bonchev–Trinajstić information content (AvgIpc) is 3.29. The van der Waals surface area contributed by atoms with E-state index < -0.39 is 0 Å². The van der Waals surface area contributed by atoms with Gasteiger partial charge in [-0.25, -0.2) is 4.98 Å². The van der Waals surface area contributed by atoms with Crippen LogP contribution in [0.25, 0.3) is 21.1 Å². The highest BCUT2D eigenvalue weighted by Gasteiger charge is 2.27. The maximum atomic E-state index is 13.1. The van der Waals surface area contributed by atoms with Crippen molar-refractivity contribution in [3.63, 3.8) is 0 Å². The molecule has 1 amide bonds. The minimum absolute atomic E-state index is 0.204. The van der Waals surface area contributed by atoms with E-state index in [9.17, 15) is 4.79 Å². The highest BCUT2D eigenvalue weighted by atomic mass is 32.1. The predicted octanol–water partition coefficient (Wildman–Crippen LogP) is 4.97. The molecule has 28 heavy (non-hydrogen) atoms. The number of carbonyl (C=O) groups excluding carboxylic acids is 1. The van der Waals surface area contributed by atoms with E-state index in [1.807, 2.05) is 23.1 Å². The van der Waals surface area contributed by atoms with Gasteiger partial charge in [0.2, 0.25) is 5.91 Å². The van der Waals surface area contributed by atoms with Crippen molar-refractivity contribution in [3.8, 4) is 0 Å². The summed E-state index contributed by atoms with van der Waals surface area (Å²) in [5.74, 6) is 0.549. The smallest absolute Gasteiger partial charge is 0.242 e. The summed E-state index contributed by atoms with van der Waals surface area (Å²) < 4.78 is 3.37. The lowest BCUT2D eigenvalue weighted by Crippen LogP contribution is -2.40. The van der Waals surface area contributed by atoms with Gasteiger partial charge in [0.05, 0.1) is 15.2 Å². The summed E-state index contributed by atoms with van der Waals surface area (Å²) in [6.07, 6.45) is 2.15. The molecule has 0 bridgehead atoms. The van der Waals surface area contributed by atoms with Gasteiger partial charge < -0.3 is 9.47 Å². The molecule has 4 nitrogen and oxygen atoms in total. The first-order chi connectivity index (χ1) is 13.7. The topological polar surface area (TPSA) is 38.1 Å². The SMILES string of the molecule is Cc1cc2ccccc2n1CC(=O)N1CCC[C@@H](c2nc3ccccc3s2)C1. The molecule has 142 valence electrons. The van der Waals surface area contributed by atoms with Gasteiger partial charge >= 0.3 is 0 Å². The van der Waals surface area contributed by atoms with E-state index in [-0.39, 0.29) is 5.91 Å². The quantitative estimate of drug-likeness (QED) is 0.496. The summed E-state index contributed by atoms with van der Waals surface area (Å²) in [7, 11) is 0. The molecule has 1 atom stereocenters. The normalized spacial score (nSPS) is 17.5. The number of rotatable bonds is 3. The van der Waals surface area contributed by atoms with E-state index in [2.05, 4.69) is 47.9 Å². The number of hydrogen-bond acceptors (Lipinski definition) is 3. The predicted molar refractivity (Wildman–Crippen MR) is 115 cm³/mol. The van der Waals surface area contributed by atoms with E-state index in [1.54, 1.807) is 11.3 Å². The fourth-order valence-corrected chi connectivity index (χ4v) is 5.36. The van der Waals surface area contributed by atoms with E-state index in [1.165, 1.54) is 15.1 Å². The molecule has 3 heterocycles. The Morgan fingerprint density at radius 3 is 2.89 bits per heavy atom. The number of carbonyl (C=O) groups is 1. The van der Waals surface area contributed by atoms with Gasteiger partial charge in [-0.2, -0.15) is 0 Å². The lowest BCUT2D eigenvalue weighted by molar-refractivity contribution is -0.133. The molecule has 0 radical (unpaired) electrons. The number of fused-ring (bicyclic) bond motifs is 2. The molecule has 5 rings (SSSR count). The van der Waals surface area contributed by atoms with E-state index in [0.29, 0.717) is 12.5 Å². The molecule has 1 aliphatic rings. The zero-order valence-corrected chi connectivity index (χ0v) is 16.8. The van der Waals surface area contributed by atoms with Crippen LogP contribution < -0.4 is 0 Å². The number of benzene rings is 2. The maximum absolute atomic E-state index is 13.1. The maximum Gasteiger partial charge on any atom is 0.242 e. The molecular formula is C23H23N3OS. The molecule has 0 spiro atoms. The molecule has 0 N–H and O–H groups in total. The van der Waals surface area contributed by atoms with E-state index in [0.717, 1.165) is 42.7 Å². The Balaban J connectivity index is 1.35. The number of para-hydroxylation sites is 2. The van der Waals surface area contributed by atoms with Crippen molar-refractivity contribution < 1.29 is 4.79 Å². The summed E-state index contributed by atoms with van der Waals surface area (Å²) in [6.45, 7) is 4.11. The van der Waals surface area contributed by atoms with Crippen LogP contribution in [0.15, 0.2) is 54.6 Å². The average molecular weight is 390 g/mol. The van der Waals surface area contributed by atoms with Gasteiger partial charge in [0.15, 0.2) is 0 Å². The second kappa shape index (κ2) is 7.06. The molecule has 1 saturated heterocycles. The van der Waals surface area contributed by atoms with Crippen LogP contribution in [0.1, 0.15) is 29.5 Å². The fraction of sp³-hybridized carbons (Fsp3) is 0.304. The second-order valence-electron chi connectivity index (χ2n) is 7.63. The highest BCUT2D eigenvalue weighted by Crippen LogP contribution is 2.33. The third-order valence-electron chi connectivity index (χ3n) is 5.74. The Labute approximate surface area is 168 Å². The number of piperidine rings is 1. The summed E-state index contributed by atoms with van der Waals surface area (Å²) in [4.78, 5) is 20.0. The number of aryl methyl sites for hydroxylation is 1. The minimum Gasteiger partial charge on any atom is -0.340 e. The highest BCUT2D eigenvalue weighted by molar-refractivity contribution is 7.18. The lowest BCUT2D eigenvalue weighted by atomic mass is 9.98. The number of likely N-dealkylation sites (tertiary alicyclic amines) is 1. The van der Waals surface area contributed by atoms with Crippen molar-refractivity contribution in [2.24, 2.45) is 0 Å². The largest absolute Gasteiger partial charge is 0.340 e. The second-order valence-corrected chi connectivity index (χ2v) is 8.69. The standard InChI is InChI=1S/C23H23N3OS/c1-16-13-17-7-2-4-10-20(17)26(16)15-22(27)25-12-6-8-18(14-25)23-24-19-9-3-5-11-21(19)28-23/h2-5,7,9-11,13,18H,6,8,12,14-15H2,1H3/t18-/m1/s1. The van der Waals surface area contributed by atoms with Crippen LogP contribution in [0.2, 0.25) is 0 Å². The third kappa shape index (κ3) is 3.10. The van der Waals surface area contributed by atoms with Crippen molar-refractivity contribution >= 4 is 38.4 Å². The van der Waals surface area contributed by atoms with Gasteiger partial charge in [0.1, 0.15) is 6.54 Å². The Hall–Kier alpha value is -2.66. The summed E-state index contributed by atoms with van der Waals surface area (Å²) in [5, 5.41) is 2.36. The van der Waals surface area contributed by atoms with Gasteiger partial charge in [-0.05, 0) is 49.4 Å². The van der Waals surface area contributed by atoms with Crippen molar-refractivity contribution in [1.29, 1.82) is 0 Å². The molecule has 2 aromatic heterocycles. The lowest BCUT2D eigenvalue weighted by Gasteiger charge is -2.32. The molecular weight excluding hydrogens is 366 g/mol. The van der Waals surface area contributed by atoms with Crippen LogP contribution in [-0.4, -0.2) is 33.4 Å². The number of aromatic nitrogens is 2. The number of nitrogens with zero attached hydrogens (tertiary/aromatic N) is 3. The fourth-order valence-electron chi connectivity index (χ4n) is 4.26. The molecule has 5 heteroatoms. The Morgan fingerprint density at radius 2 is 2.00 bits per heavy atom. The summed E-state index contributed by atoms with van der Waals surface area (Å²) >= 11 is 1.77. The van der Waals surface area contributed by atoms with E-state index >= 15 is 0 Å². The van der Waals surface area contributed by atoms with Crippen LogP contribution in [0.4, 0.5) is 0 Å². The molecule has 0 aliphatic carbocycles. The monoisotopic (exact) mass is 389 g/mol. The van der Waals surface area contributed by atoms with Crippen LogP contribution >= 0.6 is 11.3 Å². The minimum atomic E-state index is 0.204. The summed E-state index contributed by atoms with van der Waals surface area (Å²) in [6, 6.07) is 18.7. The van der Waals surface area contributed by atoms with Gasteiger partial charge in [0, 0.05) is 30.2 Å². The molecule has 4 aromatic rings. The first kappa shape index (κ1) is 17.4. The van der Waals surface area contributed by atoms with Crippen molar-refractivity contribution in [2.45, 2.75) is 32.2 Å². The third-order valence-corrected chi connectivity index (χ3v) is 6.94. The first-order valence-electron chi connectivity index (χ1n) is 9.87. The molecule has 1 aliphatic heterocycles. The molecule has 1 fully saturated rings. The first-order valence-corrected chi connectivity index (χ1v) is 10.7. The Kier molecular flexibility index (Phi) is 4.40. The Morgan fingerprint density at radius 1 is 1.18 bits per heavy atom. The number of amides is 1. The molecule has 0 saturated carbocycles. The van der Waals surface area contributed by atoms with Crippen LogP contribution in [0, 0.1) is 6.92 Å². The van der Waals surface area contributed by atoms with Crippen LogP contribution in [0.5, 0.6) is 0 Å². The van der Waals surface area contributed by atoms with Crippen molar-refractivity contribution in [2.75, 3.05) is 13.1 Å². The molecule has 2 aromatic carbocycles. The molecule has 0 unspecified atom stereocenters. The van der Waals surface area contributed by atoms with Gasteiger partial charge in [-0.1, -0.05) is 30.3 Å². The van der Waals surface area contributed by atoms with Crippen LogP contribution in [0.3, 0.4) is 0 Å². The summed E-state index contributed by atoms with van der Waals surface area (Å²) in [5.41, 5.74) is 3.34. The number of thiazole rings is 1. The van der Waals surface area contributed by atoms with Gasteiger partial charge in [-0.15, -0.1) is 11.3 Å². The zero-order chi connectivity index (χ0) is 19.1. The van der Waals surface area contributed by atoms with Gasteiger partial charge in [0.25, 0.3) is 0 Å². The van der Waals surface area contributed by atoms with Crippen LogP contribution in [-0.2, 0) is 11.3 Å². The van der Waals surface area contributed by atoms with Crippen molar-refractivity contribution in [3.05, 3.63) is 65.3 Å².